The van der Waals surface area contributed by atoms with Crippen molar-refractivity contribution in [1.29, 1.82) is 0 Å². The van der Waals surface area contributed by atoms with Crippen LogP contribution in [0, 0.1) is 24.0 Å². The van der Waals surface area contributed by atoms with E-state index in [9.17, 15) is 14.9 Å². The lowest BCUT2D eigenvalue weighted by Crippen LogP contribution is -2.14. The Labute approximate surface area is 117 Å². The van der Waals surface area contributed by atoms with Gasteiger partial charge in [0.05, 0.1) is 10.6 Å². The number of halogens is 1. The quantitative estimate of drug-likeness (QED) is 0.529. The first-order valence-corrected chi connectivity index (χ1v) is 5.82. The lowest BCUT2D eigenvalue weighted by molar-refractivity contribution is -0.385. The smallest absolute Gasteiger partial charge is 0.319 e. The maximum atomic E-state index is 12.1. The van der Waals surface area contributed by atoms with Gasteiger partial charge in [-0.25, -0.2) is 4.98 Å². The van der Waals surface area contributed by atoms with E-state index in [4.69, 9.17) is 16.1 Å². The van der Waals surface area contributed by atoms with E-state index in [1.807, 2.05) is 0 Å². The van der Waals surface area contributed by atoms with E-state index in [0.29, 0.717) is 11.3 Å². The number of aryl methyl sites for hydroxylation is 1. The van der Waals surface area contributed by atoms with E-state index in [-0.39, 0.29) is 16.6 Å². The fraction of sp³-hybridized carbons (Fsp3) is 0.182. The SMILES string of the molecule is Cc1noc(NC(=O)c2ccnc(Cl)c2[N+](=O)[O-])c1C. The zero-order valence-corrected chi connectivity index (χ0v) is 11.3. The van der Waals surface area contributed by atoms with Gasteiger partial charge < -0.3 is 4.52 Å². The number of carbonyl (C=O) groups is 1. The van der Waals surface area contributed by atoms with Gasteiger partial charge in [-0.1, -0.05) is 16.8 Å². The highest BCUT2D eigenvalue weighted by atomic mass is 35.5. The molecule has 0 fully saturated rings. The maximum Gasteiger partial charge on any atom is 0.319 e. The van der Waals surface area contributed by atoms with Gasteiger partial charge in [-0.3, -0.25) is 20.2 Å². The van der Waals surface area contributed by atoms with Gasteiger partial charge in [0.1, 0.15) is 5.56 Å². The third kappa shape index (κ3) is 2.45. The summed E-state index contributed by atoms with van der Waals surface area (Å²) < 4.78 is 4.92. The van der Waals surface area contributed by atoms with Crippen LogP contribution in [0.5, 0.6) is 0 Å². The Morgan fingerprint density at radius 1 is 1.50 bits per heavy atom. The largest absolute Gasteiger partial charge is 0.338 e. The number of nitrogens with zero attached hydrogens (tertiary/aromatic N) is 3. The first kappa shape index (κ1) is 13.9. The number of hydrogen-bond donors (Lipinski definition) is 1. The summed E-state index contributed by atoms with van der Waals surface area (Å²) in [6.45, 7) is 3.41. The van der Waals surface area contributed by atoms with Crippen molar-refractivity contribution in [3.63, 3.8) is 0 Å². The Balaban J connectivity index is 2.37. The van der Waals surface area contributed by atoms with E-state index < -0.39 is 16.5 Å². The Morgan fingerprint density at radius 3 is 2.75 bits per heavy atom. The number of amides is 1. The molecule has 0 aliphatic heterocycles. The monoisotopic (exact) mass is 296 g/mol. The highest BCUT2D eigenvalue weighted by Gasteiger charge is 2.26. The van der Waals surface area contributed by atoms with Crippen molar-refractivity contribution in [1.82, 2.24) is 10.1 Å². The molecule has 1 amide bonds. The second-order valence-corrected chi connectivity index (χ2v) is 4.29. The average Bonchev–Trinajstić information content (AvgIpc) is 2.70. The van der Waals surface area contributed by atoms with E-state index >= 15 is 0 Å². The van der Waals surface area contributed by atoms with Crippen LogP contribution in [0.4, 0.5) is 11.6 Å². The topological polar surface area (TPSA) is 111 Å². The number of aromatic nitrogens is 2. The highest BCUT2D eigenvalue weighted by molar-refractivity contribution is 6.32. The number of carbonyl (C=O) groups excluding carboxylic acids is 1. The van der Waals surface area contributed by atoms with Gasteiger partial charge in [0.15, 0.2) is 0 Å². The molecule has 104 valence electrons. The molecule has 0 aliphatic carbocycles. The summed E-state index contributed by atoms with van der Waals surface area (Å²) in [5.74, 6) is -0.588. The van der Waals surface area contributed by atoms with Gasteiger partial charge in [0.25, 0.3) is 5.91 Å². The number of anilines is 1. The summed E-state index contributed by atoms with van der Waals surface area (Å²) in [4.78, 5) is 25.8. The van der Waals surface area contributed by atoms with Gasteiger partial charge in [0.2, 0.25) is 11.0 Å². The Hall–Kier alpha value is -2.48. The molecule has 0 aliphatic rings. The molecule has 1 N–H and O–H groups in total. The van der Waals surface area contributed by atoms with Crippen molar-refractivity contribution < 1.29 is 14.2 Å². The first-order chi connectivity index (χ1) is 9.41. The zero-order chi connectivity index (χ0) is 14.9. The number of nitro groups is 1. The molecule has 2 rings (SSSR count). The molecule has 0 saturated carbocycles. The van der Waals surface area contributed by atoms with E-state index in [0.717, 1.165) is 0 Å². The third-order valence-corrected chi connectivity index (χ3v) is 2.97. The van der Waals surface area contributed by atoms with Gasteiger partial charge in [0, 0.05) is 11.8 Å². The minimum Gasteiger partial charge on any atom is -0.338 e. The Bertz CT molecular complexity index is 698. The molecule has 0 radical (unpaired) electrons. The minimum absolute atomic E-state index is 0.134. The van der Waals surface area contributed by atoms with Crippen LogP contribution in [0.2, 0.25) is 5.15 Å². The molecule has 2 aromatic rings. The van der Waals surface area contributed by atoms with Crippen LogP contribution in [0.3, 0.4) is 0 Å². The molecule has 0 bridgehead atoms. The predicted molar refractivity (Wildman–Crippen MR) is 69.8 cm³/mol. The van der Waals surface area contributed by atoms with Crippen molar-refractivity contribution >= 4 is 29.1 Å². The molecule has 0 unspecified atom stereocenters. The Kier molecular flexibility index (Phi) is 3.66. The van der Waals surface area contributed by atoms with Gasteiger partial charge in [-0.2, -0.15) is 0 Å². The predicted octanol–water partition coefficient (Wildman–Crippen LogP) is 2.50. The molecule has 0 saturated heterocycles. The molecule has 0 atom stereocenters. The normalized spacial score (nSPS) is 10.3. The van der Waals surface area contributed by atoms with Crippen LogP contribution >= 0.6 is 11.6 Å². The van der Waals surface area contributed by atoms with Crippen LogP contribution in [-0.4, -0.2) is 21.0 Å². The standard InChI is InChI=1S/C11H9ClN4O4/c1-5-6(2)15-20-11(5)14-10(17)7-3-4-13-9(12)8(7)16(18)19/h3-4H,1-2H3,(H,14,17). The fourth-order valence-corrected chi connectivity index (χ4v) is 1.71. The van der Waals surface area contributed by atoms with E-state index in [1.165, 1.54) is 12.3 Å². The molecule has 0 aromatic carbocycles. The average molecular weight is 297 g/mol. The van der Waals surface area contributed by atoms with Crippen molar-refractivity contribution in [2.24, 2.45) is 0 Å². The summed E-state index contributed by atoms with van der Waals surface area (Å²) in [7, 11) is 0. The molecule has 9 heteroatoms. The summed E-state index contributed by atoms with van der Waals surface area (Å²) in [5.41, 5.74) is 0.493. The number of rotatable bonds is 3. The van der Waals surface area contributed by atoms with Gasteiger partial charge in [-0.15, -0.1) is 0 Å². The second-order valence-electron chi connectivity index (χ2n) is 3.93. The van der Waals surface area contributed by atoms with E-state index in [2.05, 4.69) is 15.5 Å². The lowest BCUT2D eigenvalue weighted by atomic mass is 10.2. The Morgan fingerprint density at radius 2 is 2.20 bits per heavy atom. The zero-order valence-electron chi connectivity index (χ0n) is 10.5. The van der Waals surface area contributed by atoms with Crippen LogP contribution in [0.1, 0.15) is 21.6 Å². The van der Waals surface area contributed by atoms with Gasteiger partial charge >= 0.3 is 5.69 Å². The molecular weight excluding hydrogens is 288 g/mol. The summed E-state index contributed by atoms with van der Waals surface area (Å²) in [6.07, 6.45) is 1.21. The van der Waals surface area contributed by atoms with Crippen molar-refractivity contribution in [2.45, 2.75) is 13.8 Å². The molecule has 2 heterocycles. The number of nitrogens with one attached hydrogen (secondary N) is 1. The minimum atomic E-state index is -0.761. The van der Waals surface area contributed by atoms with Crippen molar-refractivity contribution in [3.05, 3.63) is 44.4 Å². The molecule has 20 heavy (non-hydrogen) atoms. The maximum absolute atomic E-state index is 12.1. The first-order valence-electron chi connectivity index (χ1n) is 5.45. The lowest BCUT2D eigenvalue weighted by Gasteiger charge is -2.04. The molecule has 8 nitrogen and oxygen atoms in total. The summed E-state index contributed by atoms with van der Waals surface area (Å²) in [5, 5.41) is 16.7. The number of hydrogen-bond acceptors (Lipinski definition) is 6. The van der Waals surface area contributed by atoms with Gasteiger partial charge in [-0.05, 0) is 19.9 Å². The highest BCUT2D eigenvalue weighted by Crippen LogP contribution is 2.27. The van der Waals surface area contributed by atoms with Crippen molar-refractivity contribution in [3.8, 4) is 0 Å². The van der Waals surface area contributed by atoms with Crippen LogP contribution in [0.25, 0.3) is 0 Å². The van der Waals surface area contributed by atoms with E-state index in [1.54, 1.807) is 13.8 Å². The second kappa shape index (κ2) is 5.25. The summed E-state index contributed by atoms with van der Waals surface area (Å²) in [6, 6.07) is 1.21. The number of pyridine rings is 1. The molecule has 2 aromatic heterocycles. The van der Waals surface area contributed by atoms with Crippen LogP contribution in [-0.2, 0) is 0 Å². The molecule has 0 spiro atoms. The van der Waals surface area contributed by atoms with Crippen molar-refractivity contribution in [2.75, 3.05) is 5.32 Å². The third-order valence-electron chi connectivity index (χ3n) is 2.69. The molecular formula is C11H9ClN4O4. The van der Waals surface area contributed by atoms with Crippen LogP contribution < -0.4 is 5.32 Å². The summed E-state index contributed by atoms with van der Waals surface area (Å²) >= 11 is 5.64. The van der Waals surface area contributed by atoms with Crippen LogP contribution in [0.15, 0.2) is 16.8 Å². The fourth-order valence-electron chi connectivity index (χ4n) is 1.49.